The van der Waals surface area contributed by atoms with E-state index in [0.29, 0.717) is 17.2 Å². The van der Waals surface area contributed by atoms with Crippen LogP contribution >= 0.6 is 0 Å². The number of imidazole rings is 1. The van der Waals surface area contributed by atoms with Crippen LogP contribution in [0.1, 0.15) is 23.2 Å². The average Bonchev–Trinajstić information content (AvgIpc) is 3.41. The lowest BCUT2D eigenvalue weighted by atomic mass is 10.2. The Labute approximate surface area is 173 Å². The predicted molar refractivity (Wildman–Crippen MR) is 114 cm³/mol. The van der Waals surface area contributed by atoms with E-state index >= 15 is 0 Å². The van der Waals surface area contributed by atoms with Gasteiger partial charge < -0.3 is 23.7 Å². The number of aryl methyl sites for hydroxylation is 1. The summed E-state index contributed by atoms with van der Waals surface area (Å²) in [5, 5.41) is 10.5. The molecule has 7 heteroatoms. The van der Waals surface area contributed by atoms with Crippen LogP contribution in [0.5, 0.6) is 11.5 Å². The van der Waals surface area contributed by atoms with Crippen molar-refractivity contribution in [2.24, 2.45) is 13.0 Å². The minimum atomic E-state index is -1.00. The molecular formula is C23H23N3O4. The number of ether oxygens (including phenoxy) is 2. The second kappa shape index (κ2) is 6.79. The number of benzene rings is 2. The molecule has 0 spiro atoms. The van der Waals surface area contributed by atoms with E-state index in [-0.39, 0.29) is 5.56 Å². The summed E-state index contributed by atoms with van der Waals surface area (Å²) in [6.45, 7) is 0.903. The molecule has 1 aliphatic carbocycles. The van der Waals surface area contributed by atoms with Crippen LogP contribution in [0.2, 0.25) is 0 Å². The normalized spacial score (nSPS) is 13.8. The van der Waals surface area contributed by atoms with Crippen molar-refractivity contribution in [1.29, 1.82) is 0 Å². The zero-order valence-electron chi connectivity index (χ0n) is 17.2. The molecule has 0 aliphatic heterocycles. The van der Waals surface area contributed by atoms with Crippen LogP contribution < -0.4 is 9.47 Å². The summed E-state index contributed by atoms with van der Waals surface area (Å²) in [4.78, 5) is 16.4. The molecule has 30 heavy (non-hydrogen) atoms. The number of fused-ring (bicyclic) bond motifs is 2. The fraction of sp³-hybridized carbons (Fsp3) is 0.304. The minimum Gasteiger partial charge on any atom is -0.495 e. The van der Waals surface area contributed by atoms with Gasteiger partial charge in [0.15, 0.2) is 5.82 Å². The number of hydrogen-bond acceptors (Lipinski definition) is 4. The van der Waals surface area contributed by atoms with E-state index in [1.807, 2.05) is 23.7 Å². The largest absolute Gasteiger partial charge is 0.495 e. The highest BCUT2D eigenvalue weighted by molar-refractivity contribution is 5.97. The molecule has 2 heterocycles. The quantitative estimate of drug-likeness (QED) is 0.517. The monoisotopic (exact) mass is 405 g/mol. The molecule has 0 radical (unpaired) electrons. The highest BCUT2D eigenvalue weighted by Gasteiger charge is 2.27. The summed E-state index contributed by atoms with van der Waals surface area (Å²) < 4.78 is 15.4. The summed E-state index contributed by atoms with van der Waals surface area (Å²) in [5.74, 6) is 1.75. The van der Waals surface area contributed by atoms with E-state index in [1.165, 1.54) is 12.8 Å². The third kappa shape index (κ3) is 2.81. The van der Waals surface area contributed by atoms with Gasteiger partial charge >= 0.3 is 5.97 Å². The molecule has 154 valence electrons. The van der Waals surface area contributed by atoms with Gasteiger partial charge in [-0.1, -0.05) is 12.1 Å². The number of para-hydroxylation sites is 1. The molecule has 0 amide bonds. The van der Waals surface area contributed by atoms with Crippen molar-refractivity contribution in [2.75, 3.05) is 14.2 Å². The van der Waals surface area contributed by atoms with Crippen LogP contribution in [0.4, 0.5) is 0 Å². The SMILES string of the molecule is COc1cc(C(=O)O)cc2nc(-c3cc4cccc(OC)c4n3CC3CC3)n(C)c12. The Morgan fingerprint density at radius 3 is 2.57 bits per heavy atom. The minimum absolute atomic E-state index is 0.157. The number of rotatable bonds is 6. The van der Waals surface area contributed by atoms with Crippen molar-refractivity contribution >= 4 is 27.9 Å². The zero-order chi connectivity index (χ0) is 21.0. The summed E-state index contributed by atoms with van der Waals surface area (Å²) in [5.41, 5.74) is 3.57. The number of aromatic nitrogens is 3. The molecular weight excluding hydrogens is 382 g/mol. The highest BCUT2D eigenvalue weighted by Crippen LogP contribution is 2.40. The lowest BCUT2D eigenvalue weighted by Crippen LogP contribution is -2.05. The number of carbonyl (C=O) groups is 1. The molecule has 0 bridgehead atoms. The number of nitrogens with zero attached hydrogens (tertiary/aromatic N) is 3. The molecule has 4 aromatic rings. The molecule has 2 aromatic heterocycles. The summed E-state index contributed by atoms with van der Waals surface area (Å²) in [7, 11) is 5.17. The topological polar surface area (TPSA) is 78.5 Å². The van der Waals surface area contributed by atoms with Crippen LogP contribution in [0.3, 0.4) is 0 Å². The summed E-state index contributed by atoms with van der Waals surface area (Å²) >= 11 is 0. The number of carboxylic acids is 1. The first kappa shape index (κ1) is 18.5. The molecule has 1 N–H and O–H groups in total. The van der Waals surface area contributed by atoms with Crippen LogP contribution in [0.25, 0.3) is 33.5 Å². The van der Waals surface area contributed by atoms with Crippen molar-refractivity contribution in [3.63, 3.8) is 0 Å². The maximum absolute atomic E-state index is 11.5. The van der Waals surface area contributed by atoms with Gasteiger partial charge in [-0.2, -0.15) is 0 Å². The van der Waals surface area contributed by atoms with Gasteiger partial charge in [0.2, 0.25) is 0 Å². The third-order valence-corrected chi connectivity index (χ3v) is 5.87. The van der Waals surface area contributed by atoms with Gasteiger partial charge in [-0.3, -0.25) is 0 Å². The van der Waals surface area contributed by atoms with Crippen molar-refractivity contribution in [3.05, 3.63) is 42.0 Å². The van der Waals surface area contributed by atoms with Crippen molar-refractivity contribution in [1.82, 2.24) is 14.1 Å². The van der Waals surface area contributed by atoms with Gasteiger partial charge in [0.25, 0.3) is 0 Å². The van der Waals surface area contributed by atoms with Crippen LogP contribution in [-0.4, -0.2) is 39.4 Å². The number of methoxy groups -OCH3 is 2. The van der Waals surface area contributed by atoms with E-state index in [2.05, 4.69) is 16.7 Å². The van der Waals surface area contributed by atoms with Crippen molar-refractivity contribution in [3.8, 4) is 23.0 Å². The molecule has 7 nitrogen and oxygen atoms in total. The predicted octanol–water partition coefficient (Wildman–Crippen LogP) is 4.32. The number of carboxylic acid groups (broad SMARTS) is 1. The highest BCUT2D eigenvalue weighted by atomic mass is 16.5. The van der Waals surface area contributed by atoms with Crippen molar-refractivity contribution < 1.29 is 19.4 Å². The fourth-order valence-electron chi connectivity index (χ4n) is 4.21. The first-order chi connectivity index (χ1) is 14.5. The molecule has 2 aromatic carbocycles. The molecule has 1 saturated carbocycles. The number of hydrogen-bond donors (Lipinski definition) is 1. The fourth-order valence-corrected chi connectivity index (χ4v) is 4.21. The Hall–Kier alpha value is -3.48. The number of aromatic carboxylic acids is 1. The van der Waals surface area contributed by atoms with E-state index in [1.54, 1.807) is 26.4 Å². The average molecular weight is 405 g/mol. The molecule has 0 saturated heterocycles. The van der Waals surface area contributed by atoms with E-state index < -0.39 is 5.97 Å². The van der Waals surface area contributed by atoms with Crippen LogP contribution in [-0.2, 0) is 13.6 Å². The third-order valence-electron chi connectivity index (χ3n) is 5.87. The Morgan fingerprint density at radius 1 is 1.13 bits per heavy atom. The van der Waals surface area contributed by atoms with Gasteiger partial charge in [0.1, 0.15) is 17.0 Å². The lowest BCUT2D eigenvalue weighted by molar-refractivity contribution is 0.0696. The standard InChI is InChI=1S/C23H23N3O4/c1-25-21-16(9-15(23(27)28)11-19(21)30-3)24-22(25)17-10-14-5-4-6-18(29-2)20(14)26(17)12-13-7-8-13/h4-6,9-11,13H,7-8,12H2,1-3H3,(H,27,28). The Morgan fingerprint density at radius 2 is 1.90 bits per heavy atom. The van der Waals surface area contributed by atoms with E-state index in [9.17, 15) is 9.90 Å². The maximum atomic E-state index is 11.5. The van der Waals surface area contributed by atoms with Gasteiger partial charge in [-0.15, -0.1) is 0 Å². The molecule has 0 unspecified atom stereocenters. The van der Waals surface area contributed by atoms with Gasteiger partial charge in [-0.25, -0.2) is 9.78 Å². The Balaban J connectivity index is 1.79. The molecule has 1 aliphatic rings. The maximum Gasteiger partial charge on any atom is 0.335 e. The molecule has 5 rings (SSSR count). The molecule has 0 atom stereocenters. The van der Waals surface area contributed by atoms with E-state index in [4.69, 9.17) is 14.5 Å². The Kier molecular flexibility index (Phi) is 4.20. The summed E-state index contributed by atoms with van der Waals surface area (Å²) in [6, 6.07) is 11.3. The lowest BCUT2D eigenvalue weighted by Gasteiger charge is -2.12. The van der Waals surface area contributed by atoms with Gasteiger partial charge in [-0.05, 0) is 43.0 Å². The van der Waals surface area contributed by atoms with E-state index in [0.717, 1.165) is 40.2 Å². The smallest absolute Gasteiger partial charge is 0.335 e. The van der Waals surface area contributed by atoms with Crippen LogP contribution in [0.15, 0.2) is 36.4 Å². The zero-order valence-corrected chi connectivity index (χ0v) is 17.2. The Bertz CT molecular complexity index is 1300. The first-order valence-electron chi connectivity index (χ1n) is 9.96. The second-order valence-electron chi connectivity index (χ2n) is 7.83. The van der Waals surface area contributed by atoms with Gasteiger partial charge in [0.05, 0.1) is 36.5 Å². The second-order valence-corrected chi connectivity index (χ2v) is 7.83. The van der Waals surface area contributed by atoms with Crippen molar-refractivity contribution in [2.45, 2.75) is 19.4 Å². The van der Waals surface area contributed by atoms with Gasteiger partial charge in [0, 0.05) is 19.0 Å². The molecule has 1 fully saturated rings. The first-order valence-corrected chi connectivity index (χ1v) is 9.96. The summed E-state index contributed by atoms with van der Waals surface area (Å²) in [6.07, 6.45) is 2.46. The van der Waals surface area contributed by atoms with Crippen LogP contribution in [0, 0.1) is 5.92 Å².